The number of nitrogens with zero attached hydrogens (tertiary/aromatic N) is 1. The fourth-order valence-corrected chi connectivity index (χ4v) is 4.74. The van der Waals surface area contributed by atoms with E-state index >= 15 is 0 Å². The number of amides is 2. The summed E-state index contributed by atoms with van der Waals surface area (Å²) in [5, 5.41) is 2.47. The van der Waals surface area contributed by atoms with Crippen molar-refractivity contribution in [3.63, 3.8) is 0 Å². The van der Waals surface area contributed by atoms with E-state index in [2.05, 4.69) is 10.0 Å². The number of likely N-dealkylation sites (tertiary alicyclic amines) is 1. The summed E-state index contributed by atoms with van der Waals surface area (Å²) in [6.45, 7) is 4.38. The Morgan fingerprint density at radius 3 is 2.24 bits per heavy atom. The standard InChI is InChI=1S/C21H33N3O4S/c1-16(2)29(26,27)23-18-12-14-24(15-13-18)21(25)22-17-8-10-20(11-9-17)28-19-6-4-3-5-7-19/h8-11,16,18-19,23H,3-7,12-15H2,1-2H3,(H,22,25). The summed E-state index contributed by atoms with van der Waals surface area (Å²) in [7, 11) is -3.28. The average molecular weight is 424 g/mol. The predicted octanol–water partition coefficient (Wildman–Crippen LogP) is 3.72. The highest BCUT2D eigenvalue weighted by Crippen LogP contribution is 2.24. The molecule has 0 radical (unpaired) electrons. The number of ether oxygens (including phenoxy) is 1. The van der Waals surface area contributed by atoms with Crippen LogP contribution in [-0.2, 0) is 10.0 Å². The molecule has 1 saturated carbocycles. The number of rotatable bonds is 6. The van der Waals surface area contributed by atoms with Crippen molar-refractivity contribution in [1.82, 2.24) is 9.62 Å². The molecule has 1 aliphatic heterocycles. The third kappa shape index (κ3) is 6.34. The van der Waals surface area contributed by atoms with E-state index in [4.69, 9.17) is 4.74 Å². The first-order valence-corrected chi connectivity index (χ1v) is 12.2. The van der Waals surface area contributed by atoms with E-state index in [-0.39, 0.29) is 12.1 Å². The Morgan fingerprint density at radius 2 is 1.66 bits per heavy atom. The lowest BCUT2D eigenvalue weighted by Gasteiger charge is -2.32. The number of hydrogen-bond donors (Lipinski definition) is 2. The van der Waals surface area contributed by atoms with Crippen molar-refractivity contribution in [2.45, 2.75) is 76.2 Å². The molecule has 0 atom stereocenters. The number of anilines is 1. The first kappa shape index (κ1) is 21.9. The third-order valence-corrected chi connectivity index (χ3v) is 7.60. The summed E-state index contributed by atoms with van der Waals surface area (Å²) < 4.78 is 32.8. The number of nitrogens with one attached hydrogen (secondary N) is 2. The molecule has 2 aliphatic rings. The maximum Gasteiger partial charge on any atom is 0.321 e. The normalized spacial score (nSPS) is 19.3. The van der Waals surface area contributed by atoms with Crippen LogP contribution in [0.2, 0.25) is 0 Å². The summed E-state index contributed by atoms with van der Waals surface area (Å²) in [5.41, 5.74) is 0.730. The van der Waals surface area contributed by atoms with Crippen molar-refractivity contribution in [1.29, 1.82) is 0 Å². The molecule has 1 aromatic carbocycles. The molecule has 2 N–H and O–H groups in total. The molecule has 162 valence electrons. The van der Waals surface area contributed by atoms with E-state index < -0.39 is 15.3 Å². The number of carbonyl (C=O) groups is 1. The second-order valence-corrected chi connectivity index (χ2v) is 10.6. The van der Waals surface area contributed by atoms with Gasteiger partial charge in [0.25, 0.3) is 0 Å². The van der Waals surface area contributed by atoms with Gasteiger partial charge < -0.3 is 15.0 Å². The Hall–Kier alpha value is -1.80. The van der Waals surface area contributed by atoms with Gasteiger partial charge in [0.2, 0.25) is 10.0 Å². The summed E-state index contributed by atoms with van der Waals surface area (Å²) in [5.74, 6) is 0.841. The van der Waals surface area contributed by atoms with Crippen molar-refractivity contribution in [3.8, 4) is 5.75 Å². The molecule has 2 fully saturated rings. The van der Waals surface area contributed by atoms with Gasteiger partial charge in [-0.05, 0) is 76.6 Å². The highest BCUT2D eigenvalue weighted by atomic mass is 32.2. The first-order valence-electron chi connectivity index (χ1n) is 10.7. The molecule has 3 rings (SSSR count). The van der Waals surface area contributed by atoms with Crippen LogP contribution in [0.3, 0.4) is 0 Å². The van der Waals surface area contributed by atoms with Crippen molar-refractivity contribution in [3.05, 3.63) is 24.3 Å². The van der Waals surface area contributed by atoms with Crippen LogP contribution in [0.1, 0.15) is 58.8 Å². The molecule has 0 unspecified atom stereocenters. The molecule has 1 saturated heterocycles. The second-order valence-electron chi connectivity index (χ2n) is 8.31. The van der Waals surface area contributed by atoms with Crippen LogP contribution in [0.15, 0.2) is 24.3 Å². The van der Waals surface area contributed by atoms with E-state index in [0.29, 0.717) is 32.0 Å². The van der Waals surface area contributed by atoms with E-state index in [1.54, 1.807) is 18.7 Å². The fraction of sp³-hybridized carbons (Fsp3) is 0.667. The van der Waals surface area contributed by atoms with Gasteiger partial charge in [0.15, 0.2) is 0 Å². The number of sulfonamides is 1. The molecular weight excluding hydrogens is 390 g/mol. The molecule has 7 nitrogen and oxygen atoms in total. The zero-order valence-corrected chi connectivity index (χ0v) is 18.2. The maximum absolute atomic E-state index is 12.5. The van der Waals surface area contributed by atoms with Crippen LogP contribution in [0.4, 0.5) is 10.5 Å². The Labute approximate surface area is 174 Å². The van der Waals surface area contributed by atoms with Gasteiger partial charge in [-0.25, -0.2) is 17.9 Å². The third-order valence-electron chi connectivity index (χ3n) is 5.69. The molecule has 0 bridgehead atoms. The monoisotopic (exact) mass is 423 g/mol. The van der Waals surface area contributed by atoms with E-state index in [0.717, 1.165) is 24.3 Å². The zero-order chi connectivity index (χ0) is 20.9. The van der Waals surface area contributed by atoms with Crippen LogP contribution < -0.4 is 14.8 Å². The van der Waals surface area contributed by atoms with Crippen LogP contribution >= 0.6 is 0 Å². The van der Waals surface area contributed by atoms with Gasteiger partial charge >= 0.3 is 6.03 Å². The molecule has 2 amide bonds. The van der Waals surface area contributed by atoms with E-state index in [1.165, 1.54) is 19.3 Å². The van der Waals surface area contributed by atoms with Gasteiger partial charge in [-0.2, -0.15) is 0 Å². The van der Waals surface area contributed by atoms with Crippen LogP contribution in [-0.4, -0.2) is 49.8 Å². The molecule has 29 heavy (non-hydrogen) atoms. The molecule has 1 aliphatic carbocycles. The lowest BCUT2D eigenvalue weighted by molar-refractivity contribution is 0.155. The van der Waals surface area contributed by atoms with Gasteiger partial charge in [0.1, 0.15) is 5.75 Å². The second kappa shape index (κ2) is 9.80. The predicted molar refractivity (Wildman–Crippen MR) is 115 cm³/mol. The molecular formula is C21H33N3O4S. The SMILES string of the molecule is CC(C)S(=O)(=O)NC1CCN(C(=O)Nc2ccc(OC3CCCCC3)cc2)CC1. The fourth-order valence-electron chi connectivity index (χ4n) is 3.76. The van der Waals surface area contributed by atoms with Crippen molar-refractivity contribution in [2.75, 3.05) is 18.4 Å². The largest absolute Gasteiger partial charge is 0.490 e. The molecule has 8 heteroatoms. The van der Waals surface area contributed by atoms with Crippen molar-refractivity contribution >= 4 is 21.7 Å². The van der Waals surface area contributed by atoms with Crippen LogP contribution in [0.5, 0.6) is 5.75 Å². The maximum atomic E-state index is 12.5. The number of piperidine rings is 1. The van der Waals surface area contributed by atoms with Gasteiger partial charge in [-0.1, -0.05) is 6.42 Å². The van der Waals surface area contributed by atoms with Gasteiger partial charge in [0, 0.05) is 24.8 Å². The Bertz CT molecular complexity index is 766. The van der Waals surface area contributed by atoms with E-state index in [9.17, 15) is 13.2 Å². The summed E-state index contributed by atoms with van der Waals surface area (Å²) in [6, 6.07) is 7.26. The Balaban J connectivity index is 1.44. The van der Waals surface area contributed by atoms with E-state index in [1.807, 2.05) is 24.3 Å². The number of carbonyl (C=O) groups excluding carboxylic acids is 1. The number of urea groups is 1. The molecule has 0 aromatic heterocycles. The van der Waals surface area contributed by atoms with Gasteiger partial charge in [-0.3, -0.25) is 0 Å². The quantitative estimate of drug-likeness (QED) is 0.730. The van der Waals surface area contributed by atoms with Crippen molar-refractivity contribution < 1.29 is 17.9 Å². The smallest absolute Gasteiger partial charge is 0.321 e. The Kier molecular flexibility index (Phi) is 7.40. The molecule has 0 spiro atoms. The lowest BCUT2D eigenvalue weighted by Crippen LogP contribution is -2.48. The van der Waals surface area contributed by atoms with Crippen molar-refractivity contribution in [2.24, 2.45) is 0 Å². The van der Waals surface area contributed by atoms with Crippen LogP contribution in [0.25, 0.3) is 0 Å². The minimum absolute atomic E-state index is 0.109. The summed E-state index contributed by atoms with van der Waals surface area (Å²) in [6.07, 6.45) is 7.53. The minimum Gasteiger partial charge on any atom is -0.490 e. The number of benzene rings is 1. The Morgan fingerprint density at radius 1 is 1.03 bits per heavy atom. The molecule has 1 aromatic rings. The molecule has 1 heterocycles. The average Bonchev–Trinajstić information content (AvgIpc) is 2.70. The highest BCUT2D eigenvalue weighted by molar-refractivity contribution is 7.90. The highest BCUT2D eigenvalue weighted by Gasteiger charge is 2.27. The van der Waals surface area contributed by atoms with Gasteiger partial charge in [0.05, 0.1) is 11.4 Å². The summed E-state index contributed by atoms with van der Waals surface area (Å²) >= 11 is 0. The van der Waals surface area contributed by atoms with Crippen LogP contribution in [0, 0.1) is 0 Å². The first-order chi connectivity index (χ1) is 13.8. The summed E-state index contributed by atoms with van der Waals surface area (Å²) in [4.78, 5) is 14.2. The minimum atomic E-state index is -3.28. The lowest BCUT2D eigenvalue weighted by atomic mass is 9.98. The van der Waals surface area contributed by atoms with Gasteiger partial charge in [-0.15, -0.1) is 0 Å². The zero-order valence-electron chi connectivity index (χ0n) is 17.4. The topological polar surface area (TPSA) is 87.7 Å². The number of hydrogen-bond acceptors (Lipinski definition) is 4.